The molecule has 2 aliphatic rings. The van der Waals surface area contributed by atoms with Crippen LogP contribution in [0.3, 0.4) is 0 Å². The van der Waals surface area contributed by atoms with Crippen LogP contribution < -0.4 is 10.6 Å². The van der Waals surface area contributed by atoms with Crippen molar-refractivity contribution in [2.45, 2.75) is 44.2 Å². The summed E-state index contributed by atoms with van der Waals surface area (Å²) in [7, 11) is 1.69. The molecule has 1 aliphatic heterocycles. The molecule has 0 atom stereocenters. The third kappa shape index (κ3) is 6.00. The Morgan fingerprint density at radius 1 is 1.14 bits per heavy atom. The van der Waals surface area contributed by atoms with Crippen LogP contribution in [0.2, 0.25) is 0 Å². The zero-order valence-corrected chi connectivity index (χ0v) is 18.8. The predicted molar refractivity (Wildman–Crippen MR) is 118 cm³/mol. The van der Waals surface area contributed by atoms with E-state index in [1.54, 1.807) is 7.05 Å². The van der Waals surface area contributed by atoms with Crippen LogP contribution in [0, 0.1) is 11.6 Å². The Labute approximate surface area is 183 Å². The van der Waals surface area contributed by atoms with Crippen LogP contribution in [0.25, 0.3) is 0 Å². The fourth-order valence-electron chi connectivity index (χ4n) is 4.18. The number of morpholine rings is 1. The number of halogens is 3. The van der Waals surface area contributed by atoms with Crippen molar-refractivity contribution in [2.24, 2.45) is 4.99 Å². The third-order valence-electron chi connectivity index (χ3n) is 5.73. The molecule has 1 saturated heterocycles. The maximum atomic E-state index is 13.8. The van der Waals surface area contributed by atoms with E-state index in [1.165, 1.54) is 25.3 Å². The van der Waals surface area contributed by atoms with Crippen molar-refractivity contribution in [3.05, 3.63) is 35.4 Å². The van der Waals surface area contributed by atoms with Crippen molar-refractivity contribution in [2.75, 3.05) is 39.9 Å². The number of nitrogens with one attached hydrogen (secondary N) is 2. The molecule has 0 spiro atoms. The first-order chi connectivity index (χ1) is 13.1. The number of aliphatic imine (C=N–C) groups is 1. The van der Waals surface area contributed by atoms with Gasteiger partial charge in [-0.1, -0.05) is 19.3 Å². The highest BCUT2D eigenvalue weighted by Gasteiger charge is 2.38. The van der Waals surface area contributed by atoms with Crippen molar-refractivity contribution in [1.82, 2.24) is 15.5 Å². The van der Waals surface area contributed by atoms with Crippen molar-refractivity contribution in [1.29, 1.82) is 0 Å². The fourth-order valence-corrected chi connectivity index (χ4v) is 4.18. The Bertz CT molecular complexity index is 647. The minimum absolute atomic E-state index is 0. The second-order valence-corrected chi connectivity index (χ2v) is 7.40. The van der Waals surface area contributed by atoms with Gasteiger partial charge in [-0.3, -0.25) is 9.89 Å². The lowest BCUT2D eigenvalue weighted by Gasteiger charge is -2.48. The average Bonchev–Trinajstić information content (AvgIpc) is 2.72. The van der Waals surface area contributed by atoms with Crippen LogP contribution in [0.15, 0.2) is 23.2 Å². The van der Waals surface area contributed by atoms with Gasteiger partial charge in [0.25, 0.3) is 0 Å². The summed E-state index contributed by atoms with van der Waals surface area (Å²) in [5.74, 6) is -0.252. The molecular formula is C20H31F2IN4O. The van der Waals surface area contributed by atoms with Gasteiger partial charge in [-0.25, -0.2) is 8.78 Å². The molecular weight excluding hydrogens is 477 g/mol. The Balaban J connectivity index is 0.00000280. The highest BCUT2D eigenvalue weighted by atomic mass is 127. The molecule has 1 heterocycles. The summed E-state index contributed by atoms with van der Waals surface area (Å²) in [5.41, 5.74) is 0.405. The first-order valence-electron chi connectivity index (χ1n) is 9.84. The molecule has 0 amide bonds. The van der Waals surface area contributed by atoms with Gasteiger partial charge in [0, 0.05) is 44.3 Å². The molecule has 1 aliphatic carbocycles. The quantitative estimate of drug-likeness (QED) is 0.364. The van der Waals surface area contributed by atoms with Crippen molar-refractivity contribution in [3.8, 4) is 0 Å². The van der Waals surface area contributed by atoms with E-state index >= 15 is 0 Å². The van der Waals surface area contributed by atoms with E-state index in [0.717, 1.165) is 57.8 Å². The number of hydrogen-bond acceptors (Lipinski definition) is 3. The molecule has 5 nitrogen and oxygen atoms in total. The van der Waals surface area contributed by atoms with Crippen molar-refractivity contribution in [3.63, 3.8) is 0 Å². The van der Waals surface area contributed by atoms with Gasteiger partial charge >= 0.3 is 0 Å². The molecule has 1 aromatic rings. The summed E-state index contributed by atoms with van der Waals surface area (Å²) in [4.78, 5) is 6.81. The molecule has 1 aromatic carbocycles. The van der Waals surface area contributed by atoms with Gasteiger partial charge in [-0.15, -0.1) is 24.0 Å². The first-order valence-corrected chi connectivity index (χ1v) is 9.84. The second-order valence-electron chi connectivity index (χ2n) is 7.40. The van der Waals surface area contributed by atoms with Crippen LogP contribution in [0.5, 0.6) is 0 Å². The second kappa shape index (κ2) is 11.3. The van der Waals surface area contributed by atoms with Gasteiger partial charge in [-0.05, 0) is 31.0 Å². The molecule has 3 rings (SSSR count). The lowest BCUT2D eigenvalue weighted by Crippen LogP contribution is -2.60. The molecule has 158 valence electrons. The Kier molecular flexibility index (Phi) is 9.36. The summed E-state index contributed by atoms with van der Waals surface area (Å²) in [6.45, 7) is 4.47. The van der Waals surface area contributed by atoms with Gasteiger partial charge in [0.15, 0.2) is 5.96 Å². The standard InChI is InChI=1S/C20H30F2N4O.HI/c1-23-19(24-14-16-13-17(21)5-6-18(16)22)25-15-20(7-3-2-4-8-20)26-9-11-27-12-10-26;/h5-6,13H,2-4,7-12,14-15H2,1H3,(H2,23,24,25);1H. The predicted octanol–water partition coefficient (Wildman–Crippen LogP) is 3.28. The van der Waals surface area contributed by atoms with Gasteiger partial charge in [-0.2, -0.15) is 0 Å². The summed E-state index contributed by atoms with van der Waals surface area (Å²) in [6.07, 6.45) is 6.09. The molecule has 8 heteroatoms. The van der Waals surface area contributed by atoms with E-state index in [1.807, 2.05) is 0 Å². The topological polar surface area (TPSA) is 48.9 Å². The molecule has 0 aromatic heterocycles. The number of rotatable bonds is 5. The molecule has 28 heavy (non-hydrogen) atoms. The molecule has 2 N–H and O–H groups in total. The van der Waals surface area contributed by atoms with Crippen LogP contribution >= 0.6 is 24.0 Å². The zero-order valence-electron chi connectivity index (χ0n) is 16.5. The van der Waals surface area contributed by atoms with E-state index in [0.29, 0.717) is 11.5 Å². The van der Waals surface area contributed by atoms with Gasteiger partial charge in [0.05, 0.1) is 13.2 Å². The monoisotopic (exact) mass is 508 g/mol. The lowest BCUT2D eigenvalue weighted by molar-refractivity contribution is -0.0352. The largest absolute Gasteiger partial charge is 0.379 e. The molecule has 1 saturated carbocycles. The minimum Gasteiger partial charge on any atom is -0.379 e. The first kappa shape index (κ1) is 23.3. The maximum absolute atomic E-state index is 13.8. The van der Waals surface area contributed by atoms with E-state index in [4.69, 9.17) is 4.74 Å². The third-order valence-corrected chi connectivity index (χ3v) is 5.73. The maximum Gasteiger partial charge on any atom is 0.191 e. The van der Waals surface area contributed by atoms with Gasteiger partial charge in [0.1, 0.15) is 11.6 Å². The SMILES string of the molecule is CN=C(NCc1cc(F)ccc1F)NCC1(N2CCOCC2)CCCCC1.I. The fraction of sp³-hybridized carbons (Fsp3) is 0.650. The highest BCUT2D eigenvalue weighted by Crippen LogP contribution is 2.33. The van der Waals surface area contributed by atoms with E-state index in [9.17, 15) is 8.78 Å². The number of ether oxygens (including phenoxy) is 1. The highest BCUT2D eigenvalue weighted by molar-refractivity contribution is 14.0. The molecule has 0 unspecified atom stereocenters. The van der Waals surface area contributed by atoms with Crippen LogP contribution in [0.4, 0.5) is 8.78 Å². The summed E-state index contributed by atoms with van der Waals surface area (Å²) < 4.78 is 32.7. The van der Waals surface area contributed by atoms with Gasteiger partial charge < -0.3 is 15.4 Å². The summed E-state index contributed by atoms with van der Waals surface area (Å²) >= 11 is 0. The van der Waals surface area contributed by atoms with Crippen LogP contribution in [0.1, 0.15) is 37.7 Å². The lowest BCUT2D eigenvalue weighted by atomic mass is 9.80. The number of benzene rings is 1. The van der Waals surface area contributed by atoms with Gasteiger partial charge in [0.2, 0.25) is 0 Å². The van der Waals surface area contributed by atoms with Crippen molar-refractivity contribution < 1.29 is 13.5 Å². The average molecular weight is 508 g/mol. The number of hydrogen-bond donors (Lipinski definition) is 2. The Morgan fingerprint density at radius 3 is 2.54 bits per heavy atom. The minimum atomic E-state index is -0.440. The zero-order chi connectivity index (χ0) is 19.1. The van der Waals surface area contributed by atoms with E-state index < -0.39 is 11.6 Å². The molecule has 0 bridgehead atoms. The summed E-state index contributed by atoms with van der Waals surface area (Å²) in [5, 5.41) is 6.52. The molecule has 2 fully saturated rings. The van der Waals surface area contributed by atoms with Crippen LogP contribution in [-0.2, 0) is 11.3 Å². The number of guanidine groups is 1. The molecule has 0 radical (unpaired) electrons. The number of nitrogens with zero attached hydrogens (tertiary/aromatic N) is 2. The Morgan fingerprint density at radius 2 is 1.86 bits per heavy atom. The van der Waals surface area contributed by atoms with E-state index in [2.05, 4.69) is 20.5 Å². The summed E-state index contributed by atoms with van der Waals surface area (Å²) in [6, 6.07) is 3.49. The smallest absolute Gasteiger partial charge is 0.191 e. The van der Waals surface area contributed by atoms with E-state index in [-0.39, 0.29) is 36.1 Å². The Hall–Kier alpha value is -1.00. The van der Waals surface area contributed by atoms with Crippen LogP contribution in [-0.4, -0.2) is 56.3 Å². The normalized spacial score (nSPS) is 20.3. The van der Waals surface area contributed by atoms with Crippen molar-refractivity contribution >= 4 is 29.9 Å².